The van der Waals surface area contributed by atoms with Crippen LogP contribution in [0.2, 0.25) is 25.1 Å². The molecule has 1 heterocycles. The highest BCUT2D eigenvalue weighted by atomic mass is 35.5. The van der Waals surface area contributed by atoms with Gasteiger partial charge >= 0.3 is 0 Å². The number of nitrogens with two attached hydrogens (primary N) is 1. The van der Waals surface area contributed by atoms with E-state index >= 15 is 0 Å². The molecular formula is C12H7Cl5N2O. The molecule has 0 spiro atoms. The van der Waals surface area contributed by atoms with E-state index in [-0.39, 0.29) is 31.0 Å². The predicted octanol–water partition coefficient (Wildman–Crippen LogP) is 5.61. The number of benzene rings is 1. The number of nitrogen functional groups attached to an aromatic ring is 1. The Morgan fingerprint density at radius 1 is 0.950 bits per heavy atom. The molecule has 0 saturated heterocycles. The molecule has 1 aromatic heterocycles. The summed E-state index contributed by atoms with van der Waals surface area (Å²) in [6, 6.07) is 1.61. The molecule has 0 aliphatic heterocycles. The summed E-state index contributed by atoms with van der Waals surface area (Å²) in [6.45, 7) is 0. The molecule has 0 aliphatic rings. The van der Waals surface area contributed by atoms with Crippen molar-refractivity contribution in [3.05, 3.63) is 37.4 Å². The van der Waals surface area contributed by atoms with Gasteiger partial charge in [-0.1, -0.05) is 58.0 Å². The van der Waals surface area contributed by atoms with Gasteiger partial charge in [0.1, 0.15) is 0 Å². The van der Waals surface area contributed by atoms with E-state index in [2.05, 4.69) is 4.98 Å². The quantitative estimate of drug-likeness (QED) is 0.551. The van der Waals surface area contributed by atoms with Gasteiger partial charge in [-0.2, -0.15) is 0 Å². The van der Waals surface area contributed by atoms with Crippen molar-refractivity contribution in [2.24, 2.45) is 0 Å². The van der Waals surface area contributed by atoms with Crippen molar-refractivity contribution in [2.45, 2.75) is 0 Å². The predicted molar refractivity (Wildman–Crippen MR) is 85.7 cm³/mol. The third-order valence-electron chi connectivity index (χ3n) is 2.54. The molecule has 0 amide bonds. The van der Waals surface area contributed by atoms with E-state index in [1.807, 2.05) is 0 Å². The van der Waals surface area contributed by atoms with Gasteiger partial charge in [0, 0.05) is 11.1 Å². The van der Waals surface area contributed by atoms with E-state index in [0.29, 0.717) is 16.8 Å². The van der Waals surface area contributed by atoms with Crippen molar-refractivity contribution >= 4 is 63.7 Å². The van der Waals surface area contributed by atoms with Gasteiger partial charge in [0.2, 0.25) is 5.88 Å². The van der Waals surface area contributed by atoms with Gasteiger partial charge in [-0.25, -0.2) is 4.98 Å². The van der Waals surface area contributed by atoms with Crippen LogP contribution in [0.5, 0.6) is 5.88 Å². The number of anilines is 1. The van der Waals surface area contributed by atoms with E-state index < -0.39 is 0 Å². The second-order valence-corrected chi connectivity index (χ2v) is 5.66. The lowest BCUT2D eigenvalue weighted by atomic mass is 10.1. The van der Waals surface area contributed by atoms with Gasteiger partial charge in [-0.3, -0.25) is 0 Å². The van der Waals surface area contributed by atoms with Crippen LogP contribution in [0, 0.1) is 0 Å². The Kier molecular flexibility index (Phi) is 4.77. The van der Waals surface area contributed by atoms with Crippen LogP contribution in [0.25, 0.3) is 11.1 Å². The van der Waals surface area contributed by atoms with E-state index in [0.717, 1.165) is 0 Å². The highest BCUT2D eigenvalue weighted by Gasteiger charge is 2.23. The SMILES string of the molecule is COc1ncc(N)cc1-c1c(Cl)c(Cl)c(Cl)c(Cl)c1Cl. The van der Waals surface area contributed by atoms with Crippen molar-refractivity contribution in [1.82, 2.24) is 4.98 Å². The fourth-order valence-corrected chi connectivity index (χ4v) is 2.99. The molecule has 1 aromatic carbocycles. The topological polar surface area (TPSA) is 48.1 Å². The number of hydrogen-bond donors (Lipinski definition) is 1. The minimum atomic E-state index is 0.0860. The molecule has 0 atom stereocenters. The van der Waals surface area contributed by atoms with Gasteiger partial charge in [0.05, 0.1) is 44.1 Å². The van der Waals surface area contributed by atoms with Gasteiger partial charge in [0.25, 0.3) is 0 Å². The van der Waals surface area contributed by atoms with Crippen LogP contribution in [-0.2, 0) is 0 Å². The van der Waals surface area contributed by atoms with Crippen LogP contribution in [-0.4, -0.2) is 12.1 Å². The normalized spacial score (nSPS) is 10.7. The van der Waals surface area contributed by atoms with Crippen molar-refractivity contribution in [2.75, 3.05) is 12.8 Å². The molecule has 106 valence electrons. The first-order valence-corrected chi connectivity index (χ1v) is 7.08. The molecule has 2 aromatic rings. The largest absolute Gasteiger partial charge is 0.481 e. The van der Waals surface area contributed by atoms with E-state index in [1.54, 1.807) is 6.07 Å². The molecule has 20 heavy (non-hydrogen) atoms. The van der Waals surface area contributed by atoms with Crippen molar-refractivity contribution in [3.8, 4) is 17.0 Å². The summed E-state index contributed by atoms with van der Waals surface area (Å²) in [5.41, 5.74) is 6.98. The Bertz CT molecular complexity index is 661. The van der Waals surface area contributed by atoms with Crippen LogP contribution >= 0.6 is 58.0 Å². The number of halogens is 5. The Balaban J connectivity index is 2.86. The van der Waals surface area contributed by atoms with Crippen LogP contribution in [0.15, 0.2) is 12.3 Å². The number of aromatic nitrogens is 1. The van der Waals surface area contributed by atoms with E-state index in [1.165, 1.54) is 13.3 Å². The summed E-state index contributed by atoms with van der Waals surface area (Å²) < 4.78 is 5.17. The van der Waals surface area contributed by atoms with Crippen LogP contribution < -0.4 is 10.5 Å². The lowest BCUT2D eigenvalue weighted by Gasteiger charge is -2.15. The molecule has 2 rings (SSSR count). The first-order valence-electron chi connectivity index (χ1n) is 5.19. The van der Waals surface area contributed by atoms with Gasteiger partial charge in [0.15, 0.2) is 0 Å². The zero-order valence-corrected chi connectivity index (χ0v) is 13.8. The summed E-state index contributed by atoms with van der Waals surface area (Å²) in [4.78, 5) is 4.05. The average molecular weight is 372 g/mol. The van der Waals surface area contributed by atoms with Gasteiger partial charge < -0.3 is 10.5 Å². The summed E-state index contributed by atoms with van der Waals surface area (Å²) in [5.74, 6) is 0.289. The van der Waals surface area contributed by atoms with Crippen LogP contribution in [0.4, 0.5) is 5.69 Å². The summed E-state index contributed by atoms with van der Waals surface area (Å²) in [7, 11) is 1.46. The Morgan fingerprint density at radius 3 is 1.95 bits per heavy atom. The maximum Gasteiger partial charge on any atom is 0.221 e. The first-order chi connectivity index (χ1) is 9.38. The standard InChI is InChI=1S/C12H7Cl5N2O/c1-20-12-5(2-4(18)3-19-12)6-7(13)9(15)11(17)10(16)8(6)14/h2-3H,18H2,1H3. The summed E-state index contributed by atoms with van der Waals surface area (Å²) in [5, 5.41) is 0.584. The number of methoxy groups -OCH3 is 1. The number of ether oxygens (including phenoxy) is 1. The maximum atomic E-state index is 6.21. The highest BCUT2D eigenvalue weighted by molar-refractivity contribution is 6.56. The minimum Gasteiger partial charge on any atom is -0.481 e. The maximum absolute atomic E-state index is 6.21. The van der Waals surface area contributed by atoms with Gasteiger partial charge in [-0.05, 0) is 6.07 Å². The molecule has 0 unspecified atom stereocenters. The molecule has 0 saturated carbocycles. The third kappa shape index (κ3) is 2.61. The highest BCUT2D eigenvalue weighted by Crippen LogP contribution is 2.49. The van der Waals surface area contributed by atoms with E-state index in [9.17, 15) is 0 Å². The molecule has 8 heteroatoms. The Morgan fingerprint density at radius 2 is 1.45 bits per heavy atom. The monoisotopic (exact) mass is 370 g/mol. The molecule has 0 bridgehead atoms. The van der Waals surface area contributed by atoms with Gasteiger partial charge in [-0.15, -0.1) is 0 Å². The fraction of sp³-hybridized carbons (Fsp3) is 0.0833. The second kappa shape index (κ2) is 6.04. The average Bonchev–Trinajstić information content (AvgIpc) is 2.43. The lowest BCUT2D eigenvalue weighted by molar-refractivity contribution is 0.400. The van der Waals surface area contributed by atoms with Crippen molar-refractivity contribution < 1.29 is 4.74 Å². The smallest absolute Gasteiger partial charge is 0.221 e. The molecular weight excluding hydrogens is 365 g/mol. The molecule has 0 radical (unpaired) electrons. The van der Waals surface area contributed by atoms with Crippen molar-refractivity contribution in [1.29, 1.82) is 0 Å². The number of nitrogens with zero attached hydrogens (tertiary/aromatic N) is 1. The zero-order chi connectivity index (χ0) is 15.0. The third-order valence-corrected chi connectivity index (χ3v) is 4.82. The van der Waals surface area contributed by atoms with Crippen LogP contribution in [0.1, 0.15) is 0 Å². The number of hydrogen-bond acceptors (Lipinski definition) is 3. The molecule has 3 nitrogen and oxygen atoms in total. The fourth-order valence-electron chi connectivity index (χ4n) is 1.65. The minimum absolute atomic E-state index is 0.0860. The number of pyridine rings is 1. The van der Waals surface area contributed by atoms with Crippen molar-refractivity contribution in [3.63, 3.8) is 0 Å². The summed E-state index contributed by atoms with van der Waals surface area (Å²) >= 11 is 30.5. The second-order valence-electron chi connectivity index (χ2n) is 3.77. The lowest BCUT2D eigenvalue weighted by Crippen LogP contribution is -1.96. The molecule has 0 fully saturated rings. The Hall–Kier alpha value is -0.580. The van der Waals surface area contributed by atoms with E-state index in [4.69, 9.17) is 68.5 Å². The number of rotatable bonds is 2. The first kappa shape index (κ1) is 15.8. The zero-order valence-electron chi connectivity index (χ0n) is 9.98. The molecule has 0 aliphatic carbocycles. The molecule has 2 N–H and O–H groups in total. The summed E-state index contributed by atoms with van der Waals surface area (Å²) in [6.07, 6.45) is 1.45. The Labute approximate surface area is 140 Å². The van der Waals surface area contributed by atoms with Crippen LogP contribution in [0.3, 0.4) is 0 Å².